The number of rotatable bonds is 2. The average molecular weight is 276 g/mol. The molecule has 3 nitrogen and oxygen atoms in total. The summed E-state index contributed by atoms with van der Waals surface area (Å²) < 4.78 is 24.7. The summed E-state index contributed by atoms with van der Waals surface area (Å²) in [5, 5.41) is 17.3. The number of carboxylic acids is 1. The zero-order valence-electron chi connectivity index (χ0n) is 7.17. The Hall–Kier alpha value is -1.48. The zero-order valence-corrected chi connectivity index (χ0v) is 8.75. The van der Waals surface area contributed by atoms with Crippen molar-refractivity contribution in [3.8, 4) is 6.07 Å². The van der Waals surface area contributed by atoms with E-state index < -0.39 is 18.0 Å². The van der Waals surface area contributed by atoms with Crippen molar-refractivity contribution in [3.05, 3.63) is 33.3 Å². The first-order chi connectivity index (χ1) is 6.99. The van der Waals surface area contributed by atoms with Crippen molar-refractivity contribution in [3.63, 3.8) is 0 Å². The minimum Gasteiger partial charge on any atom is -0.478 e. The van der Waals surface area contributed by atoms with Crippen molar-refractivity contribution in [1.29, 1.82) is 5.26 Å². The molecule has 0 bridgehead atoms. The fraction of sp³-hybridized carbons (Fsp3) is 0.111. The molecule has 0 saturated carbocycles. The molecule has 0 aliphatic heterocycles. The lowest BCUT2D eigenvalue weighted by molar-refractivity contribution is 0.0695. The van der Waals surface area contributed by atoms with Crippen LogP contribution in [0.25, 0.3) is 0 Å². The third-order valence-corrected chi connectivity index (χ3v) is 2.58. The van der Waals surface area contributed by atoms with E-state index in [9.17, 15) is 13.6 Å². The summed E-state index contributed by atoms with van der Waals surface area (Å²) in [7, 11) is 0. The molecule has 6 heteroatoms. The number of carbonyl (C=O) groups is 1. The normalized spacial score (nSPS) is 10.1. The minimum atomic E-state index is -2.81. The van der Waals surface area contributed by atoms with Crippen LogP contribution in [0, 0.1) is 11.3 Å². The molecule has 1 aromatic rings. The Balaban J connectivity index is 3.48. The molecule has 78 valence electrons. The monoisotopic (exact) mass is 275 g/mol. The Kier molecular flexibility index (Phi) is 3.37. The van der Waals surface area contributed by atoms with Gasteiger partial charge in [0.1, 0.15) is 6.07 Å². The van der Waals surface area contributed by atoms with E-state index >= 15 is 0 Å². The SMILES string of the molecule is N#Cc1c(C(F)F)ccc(C(=O)O)c1Br. The van der Waals surface area contributed by atoms with E-state index in [-0.39, 0.29) is 15.6 Å². The second-order valence-corrected chi connectivity index (χ2v) is 3.40. The largest absolute Gasteiger partial charge is 0.478 e. The highest BCUT2D eigenvalue weighted by Crippen LogP contribution is 2.30. The first-order valence-corrected chi connectivity index (χ1v) is 4.52. The fourth-order valence-electron chi connectivity index (χ4n) is 1.05. The zero-order chi connectivity index (χ0) is 11.6. The summed E-state index contributed by atoms with van der Waals surface area (Å²) in [5.74, 6) is -1.28. The fourth-order valence-corrected chi connectivity index (χ4v) is 1.67. The quantitative estimate of drug-likeness (QED) is 0.903. The van der Waals surface area contributed by atoms with Crippen LogP contribution >= 0.6 is 15.9 Å². The number of hydrogen-bond donors (Lipinski definition) is 1. The van der Waals surface area contributed by atoms with Crippen LogP contribution in [-0.4, -0.2) is 11.1 Å². The number of nitriles is 1. The third-order valence-electron chi connectivity index (χ3n) is 1.75. The summed E-state index contributed by atoms with van der Waals surface area (Å²) in [6.07, 6.45) is -2.81. The number of aromatic carboxylic acids is 1. The molecule has 0 fully saturated rings. The Labute approximate surface area is 92.1 Å². The van der Waals surface area contributed by atoms with Crippen LogP contribution in [-0.2, 0) is 0 Å². The second-order valence-electron chi connectivity index (χ2n) is 2.61. The van der Waals surface area contributed by atoms with Gasteiger partial charge in [-0.25, -0.2) is 13.6 Å². The Morgan fingerprint density at radius 1 is 1.53 bits per heavy atom. The Morgan fingerprint density at radius 3 is 2.53 bits per heavy atom. The predicted molar refractivity (Wildman–Crippen MR) is 50.8 cm³/mol. The van der Waals surface area contributed by atoms with E-state index in [0.29, 0.717) is 0 Å². The molecule has 0 saturated heterocycles. The second kappa shape index (κ2) is 4.36. The van der Waals surface area contributed by atoms with Gasteiger partial charge in [0.05, 0.1) is 15.6 Å². The molecular formula is C9H4BrF2NO2. The van der Waals surface area contributed by atoms with Crippen LogP contribution < -0.4 is 0 Å². The summed E-state index contributed by atoms with van der Waals surface area (Å²) in [5.41, 5.74) is -1.03. The van der Waals surface area contributed by atoms with Gasteiger partial charge in [-0.3, -0.25) is 0 Å². The van der Waals surface area contributed by atoms with E-state index in [0.717, 1.165) is 12.1 Å². The third kappa shape index (κ3) is 2.13. The molecule has 0 heterocycles. The van der Waals surface area contributed by atoms with Crippen LogP contribution in [0.15, 0.2) is 16.6 Å². The maximum atomic E-state index is 12.4. The Morgan fingerprint density at radius 2 is 2.13 bits per heavy atom. The molecule has 15 heavy (non-hydrogen) atoms. The van der Waals surface area contributed by atoms with Gasteiger partial charge in [-0.2, -0.15) is 5.26 Å². The van der Waals surface area contributed by atoms with Gasteiger partial charge < -0.3 is 5.11 Å². The first kappa shape index (κ1) is 11.6. The molecule has 0 aliphatic carbocycles. The lowest BCUT2D eigenvalue weighted by Crippen LogP contribution is -2.02. The molecule has 0 radical (unpaired) electrons. The molecule has 0 atom stereocenters. The molecule has 0 spiro atoms. The number of hydrogen-bond acceptors (Lipinski definition) is 2. The van der Waals surface area contributed by atoms with Crippen molar-refractivity contribution in [2.75, 3.05) is 0 Å². The molecular weight excluding hydrogens is 272 g/mol. The number of nitrogens with zero attached hydrogens (tertiary/aromatic N) is 1. The van der Waals surface area contributed by atoms with E-state index in [2.05, 4.69) is 15.9 Å². The minimum absolute atomic E-state index is 0.115. The topological polar surface area (TPSA) is 61.1 Å². The van der Waals surface area contributed by atoms with Crippen LogP contribution in [0.3, 0.4) is 0 Å². The van der Waals surface area contributed by atoms with Gasteiger partial charge in [0.25, 0.3) is 6.43 Å². The number of benzene rings is 1. The van der Waals surface area contributed by atoms with Gasteiger partial charge in [-0.1, -0.05) is 6.07 Å². The number of alkyl halides is 2. The summed E-state index contributed by atoms with van der Waals surface area (Å²) >= 11 is 2.82. The van der Waals surface area contributed by atoms with Crippen molar-refractivity contribution in [1.82, 2.24) is 0 Å². The molecule has 1 N–H and O–H groups in total. The lowest BCUT2D eigenvalue weighted by Gasteiger charge is -2.06. The van der Waals surface area contributed by atoms with Crippen LogP contribution in [0.5, 0.6) is 0 Å². The van der Waals surface area contributed by atoms with Crippen LogP contribution in [0.2, 0.25) is 0 Å². The maximum absolute atomic E-state index is 12.4. The maximum Gasteiger partial charge on any atom is 0.336 e. The van der Waals surface area contributed by atoms with E-state index in [1.54, 1.807) is 6.07 Å². The van der Waals surface area contributed by atoms with E-state index in [1.807, 2.05) is 0 Å². The predicted octanol–water partition coefficient (Wildman–Crippen LogP) is 2.96. The van der Waals surface area contributed by atoms with Crippen molar-refractivity contribution in [2.24, 2.45) is 0 Å². The number of halogens is 3. The van der Waals surface area contributed by atoms with Gasteiger partial charge in [-0.05, 0) is 22.0 Å². The molecule has 0 unspecified atom stereocenters. The lowest BCUT2D eigenvalue weighted by atomic mass is 10.1. The molecule has 1 aromatic carbocycles. The summed E-state index contributed by atoms with van der Waals surface area (Å²) in [6, 6.07) is 3.53. The van der Waals surface area contributed by atoms with Crippen molar-refractivity contribution >= 4 is 21.9 Å². The van der Waals surface area contributed by atoms with E-state index in [1.165, 1.54) is 0 Å². The van der Waals surface area contributed by atoms with Crippen molar-refractivity contribution < 1.29 is 18.7 Å². The number of carboxylic acid groups (broad SMARTS) is 1. The van der Waals surface area contributed by atoms with E-state index in [4.69, 9.17) is 10.4 Å². The van der Waals surface area contributed by atoms with Gasteiger partial charge in [0, 0.05) is 5.56 Å². The molecule has 0 aliphatic rings. The van der Waals surface area contributed by atoms with Gasteiger partial charge in [0.2, 0.25) is 0 Å². The Bertz CT molecular complexity index is 454. The highest BCUT2D eigenvalue weighted by atomic mass is 79.9. The highest BCUT2D eigenvalue weighted by molar-refractivity contribution is 9.10. The van der Waals surface area contributed by atoms with Gasteiger partial charge in [-0.15, -0.1) is 0 Å². The van der Waals surface area contributed by atoms with Crippen LogP contribution in [0.4, 0.5) is 8.78 Å². The average Bonchev–Trinajstić information content (AvgIpc) is 2.16. The van der Waals surface area contributed by atoms with Gasteiger partial charge >= 0.3 is 5.97 Å². The van der Waals surface area contributed by atoms with Crippen molar-refractivity contribution in [2.45, 2.75) is 6.43 Å². The molecule has 0 amide bonds. The molecule has 1 rings (SSSR count). The van der Waals surface area contributed by atoms with Crippen LogP contribution in [0.1, 0.15) is 27.9 Å². The summed E-state index contributed by atoms with van der Waals surface area (Å²) in [6.45, 7) is 0. The van der Waals surface area contributed by atoms with Gasteiger partial charge in [0.15, 0.2) is 0 Å². The highest BCUT2D eigenvalue weighted by Gasteiger charge is 2.20. The standard InChI is InChI=1S/C9H4BrF2NO2/c10-7-5(9(14)15)2-1-4(8(11)12)6(7)3-13/h1-2,8H,(H,14,15). The summed E-state index contributed by atoms with van der Waals surface area (Å²) in [4.78, 5) is 10.6. The molecule has 0 aromatic heterocycles. The first-order valence-electron chi connectivity index (χ1n) is 3.73. The smallest absolute Gasteiger partial charge is 0.336 e.